The van der Waals surface area contributed by atoms with Crippen LogP contribution in [0.25, 0.3) is 5.82 Å². The third kappa shape index (κ3) is 2.17. The summed E-state index contributed by atoms with van der Waals surface area (Å²) in [5.74, 6) is -0.0456. The number of hydrogen-bond acceptors (Lipinski definition) is 3. The molecule has 0 aliphatic heterocycles. The van der Waals surface area contributed by atoms with E-state index in [1.165, 1.54) is 14.0 Å². The van der Waals surface area contributed by atoms with Gasteiger partial charge < -0.3 is 0 Å². The van der Waals surface area contributed by atoms with Gasteiger partial charge in [-0.25, -0.2) is 4.68 Å². The molecule has 19 heavy (non-hydrogen) atoms. The highest BCUT2D eigenvalue weighted by Crippen LogP contribution is 2.30. The van der Waals surface area contributed by atoms with Crippen molar-refractivity contribution in [3.8, 4) is 11.9 Å². The lowest BCUT2D eigenvalue weighted by Gasteiger charge is -2.04. The van der Waals surface area contributed by atoms with E-state index >= 15 is 0 Å². The zero-order chi connectivity index (χ0) is 14.4. The normalized spacial score (nSPS) is 11.6. The van der Waals surface area contributed by atoms with Crippen molar-refractivity contribution in [3.05, 3.63) is 28.2 Å². The van der Waals surface area contributed by atoms with Crippen LogP contribution in [0.3, 0.4) is 0 Å². The highest BCUT2D eigenvalue weighted by atomic mass is 35.5. The van der Waals surface area contributed by atoms with Crippen LogP contribution in [-0.4, -0.2) is 19.6 Å². The molecule has 100 valence electrons. The summed E-state index contributed by atoms with van der Waals surface area (Å²) in [7, 11) is 1.18. The van der Waals surface area contributed by atoms with Crippen LogP contribution in [0.4, 0.5) is 13.2 Å². The topological polar surface area (TPSA) is 59.4 Å². The van der Waals surface area contributed by atoms with Gasteiger partial charge in [0, 0.05) is 13.1 Å². The van der Waals surface area contributed by atoms with Crippen molar-refractivity contribution >= 4 is 11.6 Å². The molecular formula is C10H7ClF3N5. The Kier molecular flexibility index (Phi) is 3.02. The van der Waals surface area contributed by atoms with E-state index in [4.69, 9.17) is 16.9 Å². The molecule has 5 nitrogen and oxygen atoms in total. The van der Waals surface area contributed by atoms with Gasteiger partial charge in [-0.15, -0.1) is 0 Å². The van der Waals surface area contributed by atoms with Crippen LogP contribution in [0.1, 0.15) is 17.0 Å². The number of halogens is 4. The predicted molar refractivity (Wildman–Crippen MR) is 59.8 cm³/mol. The molecule has 0 atom stereocenters. The fourth-order valence-corrected chi connectivity index (χ4v) is 1.89. The van der Waals surface area contributed by atoms with Crippen LogP contribution in [0.5, 0.6) is 0 Å². The predicted octanol–water partition coefficient (Wildman–Crippen LogP) is 2.46. The molecule has 2 heterocycles. The fourth-order valence-electron chi connectivity index (χ4n) is 1.64. The number of hydrogen-bond donors (Lipinski definition) is 0. The monoisotopic (exact) mass is 289 g/mol. The van der Waals surface area contributed by atoms with Crippen LogP contribution in [0.15, 0.2) is 6.07 Å². The van der Waals surface area contributed by atoms with Gasteiger partial charge in [0.2, 0.25) is 0 Å². The Labute approximate surface area is 110 Å². The molecule has 0 amide bonds. The van der Waals surface area contributed by atoms with Crippen molar-refractivity contribution in [1.29, 1.82) is 5.26 Å². The lowest BCUT2D eigenvalue weighted by molar-refractivity contribution is -0.143. The van der Waals surface area contributed by atoms with Crippen molar-refractivity contribution in [2.45, 2.75) is 13.1 Å². The summed E-state index contributed by atoms with van der Waals surface area (Å²) in [5.41, 5.74) is -0.466. The van der Waals surface area contributed by atoms with E-state index in [1.54, 1.807) is 0 Å². The molecule has 0 aliphatic carbocycles. The molecule has 0 fully saturated rings. The van der Waals surface area contributed by atoms with Crippen molar-refractivity contribution in [1.82, 2.24) is 19.6 Å². The molecule has 0 radical (unpaired) electrons. The molecule has 0 bridgehead atoms. The number of nitrogens with zero attached hydrogens (tertiary/aromatic N) is 5. The van der Waals surface area contributed by atoms with Crippen molar-refractivity contribution in [2.24, 2.45) is 7.05 Å². The van der Waals surface area contributed by atoms with E-state index < -0.39 is 11.9 Å². The number of aryl methyl sites for hydroxylation is 1. The molecule has 0 spiro atoms. The lowest BCUT2D eigenvalue weighted by Crippen LogP contribution is -2.11. The van der Waals surface area contributed by atoms with Gasteiger partial charge in [-0.1, -0.05) is 11.6 Å². The van der Waals surface area contributed by atoms with Gasteiger partial charge in [-0.05, 0) is 6.92 Å². The van der Waals surface area contributed by atoms with E-state index in [9.17, 15) is 13.2 Å². The first-order chi connectivity index (χ1) is 8.75. The maximum atomic E-state index is 12.7. The van der Waals surface area contributed by atoms with Crippen LogP contribution in [0.2, 0.25) is 5.15 Å². The Morgan fingerprint density at radius 3 is 2.42 bits per heavy atom. The molecule has 2 aromatic heterocycles. The first-order valence-corrected chi connectivity index (χ1v) is 5.40. The Balaban J connectivity index is 2.59. The Hall–Kier alpha value is -2.01. The van der Waals surface area contributed by atoms with Crippen molar-refractivity contribution < 1.29 is 13.2 Å². The second-order valence-electron chi connectivity index (χ2n) is 3.78. The molecule has 9 heteroatoms. The van der Waals surface area contributed by atoms with Crippen molar-refractivity contribution in [2.75, 3.05) is 0 Å². The van der Waals surface area contributed by atoms with E-state index in [0.29, 0.717) is 10.4 Å². The van der Waals surface area contributed by atoms with E-state index in [-0.39, 0.29) is 16.5 Å². The van der Waals surface area contributed by atoms with Gasteiger partial charge in [-0.2, -0.15) is 28.6 Å². The number of nitriles is 1. The van der Waals surface area contributed by atoms with Gasteiger partial charge >= 0.3 is 6.18 Å². The average Bonchev–Trinajstić information content (AvgIpc) is 2.79. The molecule has 0 aliphatic rings. The molecule has 0 saturated heterocycles. The van der Waals surface area contributed by atoms with Crippen LogP contribution in [0, 0.1) is 18.3 Å². The SMILES string of the molecule is Cc1c(C#N)c(Cl)nn1-c1cc(C(F)(F)F)n(C)n1. The molecule has 2 aromatic rings. The smallest absolute Gasteiger partial charge is 0.261 e. The maximum absolute atomic E-state index is 12.7. The summed E-state index contributed by atoms with van der Waals surface area (Å²) >= 11 is 5.73. The zero-order valence-corrected chi connectivity index (χ0v) is 10.6. The summed E-state index contributed by atoms with van der Waals surface area (Å²) < 4.78 is 39.8. The maximum Gasteiger partial charge on any atom is 0.433 e. The zero-order valence-electron chi connectivity index (χ0n) is 9.83. The fraction of sp³-hybridized carbons (Fsp3) is 0.300. The van der Waals surface area contributed by atoms with Gasteiger partial charge in [0.25, 0.3) is 0 Å². The van der Waals surface area contributed by atoms with Gasteiger partial charge in [0.05, 0.1) is 5.69 Å². The Bertz CT molecular complexity index is 677. The van der Waals surface area contributed by atoms with Crippen molar-refractivity contribution in [3.63, 3.8) is 0 Å². The molecule has 2 rings (SSSR count). The number of alkyl halides is 3. The quantitative estimate of drug-likeness (QED) is 0.810. The molecule has 0 N–H and O–H groups in total. The second kappa shape index (κ2) is 4.28. The molecular weight excluding hydrogens is 283 g/mol. The van der Waals surface area contributed by atoms with Gasteiger partial charge in [0.15, 0.2) is 11.0 Å². The van der Waals surface area contributed by atoms with Gasteiger partial charge in [0.1, 0.15) is 17.3 Å². The van der Waals surface area contributed by atoms with E-state index in [2.05, 4.69) is 10.2 Å². The van der Waals surface area contributed by atoms with E-state index in [1.807, 2.05) is 6.07 Å². The Morgan fingerprint density at radius 2 is 2.00 bits per heavy atom. The summed E-state index contributed by atoms with van der Waals surface area (Å²) in [6.45, 7) is 1.53. The Morgan fingerprint density at radius 1 is 1.37 bits per heavy atom. The summed E-state index contributed by atoms with van der Waals surface area (Å²) in [4.78, 5) is 0. The minimum Gasteiger partial charge on any atom is -0.261 e. The van der Waals surface area contributed by atoms with Crippen LogP contribution >= 0.6 is 11.6 Å². The molecule has 0 aromatic carbocycles. The minimum absolute atomic E-state index is 0.0456. The summed E-state index contributed by atoms with van der Waals surface area (Å²) in [5, 5.41) is 16.3. The minimum atomic E-state index is -4.51. The molecule has 0 saturated carbocycles. The average molecular weight is 290 g/mol. The van der Waals surface area contributed by atoms with Gasteiger partial charge in [-0.3, -0.25) is 4.68 Å². The largest absolute Gasteiger partial charge is 0.433 e. The third-order valence-corrected chi connectivity index (χ3v) is 2.82. The third-order valence-electron chi connectivity index (χ3n) is 2.56. The van der Waals surface area contributed by atoms with Crippen LogP contribution < -0.4 is 0 Å². The standard InChI is InChI=1S/C10H7ClF3N5/c1-5-6(4-15)9(11)17-19(5)8-3-7(10(12,13)14)18(2)16-8/h3H,1-2H3. The summed E-state index contributed by atoms with van der Waals surface area (Å²) in [6.07, 6.45) is -4.51. The first-order valence-electron chi connectivity index (χ1n) is 5.02. The highest BCUT2D eigenvalue weighted by Gasteiger charge is 2.35. The number of aromatic nitrogens is 4. The lowest BCUT2D eigenvalue weighted by atomic mass is 10.3. The van der Waals surface area contributed by atoms with E-state index in [0.717, 1.165) is 10.7 Å². The second-order valence-corrected chi connectivity index (χ2v) is 4.14. The van der Waals surface area contributed by atoms with Crippen LogP contribution in [-0.2, 0) is 13.2 Å². The first kappa shape index (κ1) is 13.4. The highest BCUT2D eigenvalue weighted by molar-refractivity contribution is 6.30. The summed E-state index contributed by atoms with van der Waals surface area (Å²) in [6, 6.07) is 2.68. The number of rotatable bonds is 1. The molecule has 0 unspecified atom stereocenters.